The lowest BCUT2D eigenvalue weighted by Gasteiger charge is -2.16. The van der Waals surface area contributed by atoms with Crippen LogP contribution in [0.4, 0.5) is 5.82 Å². The molecule has 0 aromatic carbocycles. The van der Waals surface area contributed by atoms with Gasteiger partial charge in [-0.3, -0.25) is 9.55 Å². The van der Waals surface area contributed by atoms with Gasteiger partial charge in [0, 0.05) is 6.54 Å². The number of ether oxygens (including phenoxy) is 1. The molecule has 0 radical (unpaired) electrons. The van der Waals surface area contributed by atoms with Crippen LogP contribution in [-0.2, 0) is 4.74 Å². The van der Waals surface area contributed by atoms with Crippen LogP contribution in [0, 0.1) is 0 Å². The Bertz CT molecular complexity index is 805. The number of aromatic amines is 1. The van der Waals surface area contributed by atoms with E-state index in [4.69, 9.17) is 16.2 Å². The average Bonchev–Trinajstić information content (AvgIpc) is 3.00. The van der Waals surface area contributed by atoms with E-state index in [9.17, 15) is 15.0 Å². The minimum Gasteiger partial charge on any atom is -0.387 e. The second-order valence-corrected chi connectivity index (χ2v) is 5.51. The van der Waals surface area contributed by atoms with Crippen molar-refractivity contribution in [3.8, 4) is 0 Å². The van der Waals surface area contributed by atoms with Gasteiger partial charge in [-0.25, -0.2) is 9.78 Å². The summed E-state index contributed by atoms with van der Waals surface area (Å²) in [5.74, 6) is 0.0542. The second kappa shape index (κ2) is 5.73. The molecule has 2 aromatic heterocycles. The van der Waals surface area contributed by atoms with Gasteiger partial charge in [-0.15, -0.1) is 0 Å². The molecular weight excluding hydrogens is 326 g/mol. The molecule has 124 valence electrons. The number of H-pyrrole nitrogens is 1. The van der Waals surface area contributed by atoms with Gasteiger partial charge in [-0.1, -0.05) is 0 Å². The lowest BCUT2D eigenvalue weighted by atomic mass is 10.1. The molecule has 0 spiro atoms. The average molecular weight is 341 g/mol. The number of thiocarbonyl (C=S) groups is 1. The predicted octanol–water partition coefficient (Wildman–Crippen LogP) is -2.85. The summed E-state index contributed by atoms with van der Waals surface area (Å²) in [7, 11) is 0. The van der Waals surface area contributed by atoms with Gasteiger partial charge in [0.05, 0.1) is 6.33 Å². The molecule has 2 aromatic rings. The molecule has 8 N–H and O–H groups in total. The van der Waals surface area contributed by atoms with Crippen LogP contribution in [0.3, 0.4) is 0 Å². The number of anilines is 1. The number of rotatable bonds is 3. The number of aliphatic hydroxyl groups is 2. The smallest absolute Gasteiger partial charge is 0.348 e. The zero-order chi connectivity index (χ0) is 16.7. The predicted molar refractivity (Wildman–Crippen MR) is 83.3 cm³/mol. The lowest BCUT2D eigenvalue weighted by molar-refractivity contribution is -0.0331. The van der Waals surface area contributed by atoms with Crippen LogP contribution in [0.25, 0.3) is 11.2 Å². The Morgan fingerprint density at radius 1 is 1.52 bits per heavy atom. The summed E-state index contributed by atoms with van der Waals surface area (Å²) in [6.45, 7) is 0.118. The Labute approximate surface area is 134 Å². The van der Waals surface area contributed by atoms with E-state index in [0.29, 0.717) is 0 Å². The van der Waals surface area contributed by atoms with Crippen LogP contribution >= 0.6 is 12.2 Å². The minimum absolute atomic E-state index is 0.0489. The van der Waals surface area contributed by atoms with E-state index in [1.807, 2.05) is 0 Å². The normalized spacial score (nSPS) is 27.4. The standard InChI is InChI=1S/C11H15N7O4S/c12-7-4-8(17-11(21)16-7)18(2-15-4)9-6(20)5(19)3(22-9)1-14-10(13)23/h2-3,5-6,9,19-20H,1H2,(H3,13,14,23)(H3,12,16,17,21)/t3-,5-,6-,9-/m1/s1. The van der Waals surface area contributed by atoms with E-state index in [-0.39, 0.29) is 28.6 Å². The third-order valence-corrected chi connectivity index (χ3v) is 3.70. The summed E-state index contributed by atoms with van der Waals surface area (Å²) in [5.41, 5.74) is 10.8. The Kier molecular flexibility index (Phi) is 3.89. The number of nitrogens with one attached hydrogen (secondary N) is 2. The molecule has 23 heavy (non-hydrogen) atoms. The SMILES string of the molecule is NC(=S)NC[C@H]1O[C@@H](n2cnc3c(N)[nH]c(=O)nc32)[C@H](O)[C@@H]1O. The van der Waals surface area contributed by atoms with Gasteiger partial charge in [0.2, 0.25) is 0 Å². The summed E-state index contributed by atoms with van der Waals surface area (Å²) < 4.78 is 6.96. The van der Waals surface area contributed by atoms with E-state index in [1.54, 1.807) is 0 Å². The maximum atomic E-state index is 11.5. The largest absolute Gasteiger partial charge is 0.387 e. The quantitative estimate of drug-likeness (QED) is 0.318. The fourth-order valence-electron chi connectivity index (χ4n) is 2.47. The third-order valence-electron chi connectivity index (χ3n) is 3.56. The highest BCUT2D eigenvalue weighted by atomic mass is 32.1. The van der Waals surface area contributed by atoms with Crippen molar-refractivity contribution < 1.29 is 14.9 Å². The molecule has 0 bridgehead atoms. The molecule has 0 aliphatic carbocycles. The van der Waals surface area contributed by atoms with Crippen LogP contribution in [-0.4, -0.2) is 59.7 Å². The topological polar surface area (TPSA) is 177 Å². The number of nitrogens with zero attached hydrogens (tertiary/aromatic N) is 3. The van der Waals surface area contributed by atoms with E-state index in [2.05, 4.69) is 32.5 Å². The molecule has 11 nitrogen and oxygen atoms in total. The number of aromatic nitrogens is 4. The highest BCUT2D eigenvalue weighted by Crippen LogP contribution is 2.31. The maximum Gasteiger partial charge on any atom is 0.348 e. The van der Waals surface area contributed by atoms with E-state index < -0.39 is 30.2 Å². The first-order chi connectivity index (χ1) is 10.9. The summed E-state index contributed by atoms with van der Waals surface area (Å²) in [6, 6.07) is 0. The monoisotopic (exact) mass is 341 g/mol. The van der Waals surface area contributed by atoms with Gasteiger partial charge >= 0.3 is 5.69 Å². The Morgan fingerprint density at radius 2 is 2.26 bits per heavy atom. The molecule has 1 saturated heterocycles. The van der Waals surface area contributed by atoms with Gasteiger partial charge < -0.3 is 31.7 Å². The molecule has 4 atom stereocenters. The van der Waals surface area contributed by atoms with Crippen LogP contribution in [0.2, 0.25) is 0 Å². The number of nitrogens with two attached hydrogens (primary N) is 2. The Balaban J connectivity index is 1.93. The molecule has 0 amide bonds. The summed E-state index contributed by atoms with van der Waals surface area (Å²) in [6.07, 6.45) is -2.85. The molecule has 1 aliphatic rings. The van der Waals surface area contributed by atoms with Gasteiger partial charge in [0.1, 0.15) is 29.6 Å². The molecule has 0 saturated carbocycles. The fourth-order valence-corrected chi connectivity index (χ4v) is 2.55. The van der Waals surface area contributed by atoms with E-state index in [1.165, 1.54) is 10.9 Å². The van der Waals surface area contributed by atoms with Crippen molar-refractivity contribution in [2.45, 2.75) is 24.5 Å². The number of nitrogen functional groups attached to an aromatic ring is 1. The van der Waals surface area contributed by atoms with E-state index >= 15 is 0 Å². The zero-order valence-electron chi connectivity index (χ0n) is 11.7. The number of aliphatic hydroxyl groups excluding tert-OH is 2. The van der Waals surface area contributed by atoms with Crippen LogP contribution < -0.4 is 22.5 Å². The number of hydrogen-bond donors (Lipinski definition) is 6. The molecule has 1 fully saturated rings. The van der Waals surface area contributed by atoms with Gasteiger partial charge in [0.15, 0.2) is 17.0 Å². The van der Waals surface area contributed by atoms with Crippen molar-refractivity contribution in [2.75, 3.05) is 12.3 Å². The first-order valence-electron chi connectivity index (χ1n) is 6.65. The van der Waals surface area contributed by atoms with Gasteiger partial charge in [0.25, 0.3) is 0 Å². The highest BCUT2D eigenvalue weighted by Gasteiger charge is 2.44. The van der Waals surface area contributed by atoms with Crippen molar-refractivity contribution in [1.82, 2.24) is 24.8 Å². The van der Waals surface area contributed by atoms with Crippen molar-refractivity contribution in [3.05, 3.63) is 16.8 Å². The van der Waals surface area contributed by atoms with Crippen LogP contribution in [0.5, 0.6) is 0 Å². The molecule has 1 aliphatic heterocycles. The Morgan fingerprint density at radius 3 is 2.96 bits per heavy atom. The minimum atomic E-state index is -1.26. The summed E-state index contributed by atoms with van der Waals surface area (Å²) in [5, 5.41) is 23.0. The highest BCUT2D eigenvalue weighted by molar-refractivity contribution is 7.80. The van der Waals surface area contributed by atoms with Crippen molar-refractivity contribution in [1.29, 1.82) is 0 Å². The first kappa shape index (κ1) is 15.6. The van der Waals surface area contributed by atoms with Gasteiger partial charge in [-0.2, -0.15) is 4.98 Å². The molecular formula is C11H15N7O4S. The van der Waals surface area contributed by atoms with Crippen molar-refractivity contribution in [3.63, 3.8) is 0 Å². The van der Waals surface area contributed by atoms with Crippen molar-refractivity contribution >= 4 is 34.3 Å². The molecule has 3 heterocycles. The number of hydrogen-bond acceptors (Lipinski definition) is 8. The molecule has 0 unspecified atom stereocenters. The molecule has 3 rings (SSSR count). The lowest BCUT2D eigenvalue weighted by Crippen LogP contribution is -2.41. The summed E-state index contributed by atoms with van der Waals surface area (Å²) >= 11 is 4.69. The molecule has 12 heteroatoms. The zero-order valence-corrected chi connectivity index (χ0v) is 12.5. The van der Waals surface area contributed by atoms with Crippen LogP contribution in [0.15, 0.2) is 11.1 Å². The van der Waals surface area contributed by atoms with E-state index in [0.717, 1.165) is 0 Å². The van der Waals surface area contributed by atoms with Crippen LogP contribution in [0.1, 0.15) is 6.23 Å². The number of imidazole rings is 1. The maximum absolute atomic E-state index is 11.5. The van der Waals surface area contributed by atoms with Gasteiger partial charge in [-0.05, 0) is 12.2 Å². The third kappa shape index (κ3) is 2.72. The Hall–Kier alpha value is -2.28. The first-order valence-corrected chi connectivity index (χ1v) is 7.06. The fraction of sp³-hybridized carbons (Fsp3) is 0.455. The number of fused-ring (bicyclic) bond motifs is 1. The van der Waals surface area contributed by atoms with Crippen molar-refractivity contribution in [2.24, 2.45) is 5.73 Å². The second-order valence-electron chi connectivity index (χ2n) is 5.07. The summed E-state index contributed by atoms with van der Waals surface area (Å²) in [4.78, 5) is 21.6.